The highest BCUT2D eigenvalue weighted by molar-refractivity contribution is 14.1. The average molecular weight is 531 g/mol. The van der Waals surface area contributed by atoms with Crippen LogP contribution in [0.2, 0.25) is 0 Å². The second-order valence-corrected chi connectivity index (χ2v) is 6.76. The number of anilines is 2. The molecular formula is C15H11BrF3IN2O3. The summed E-state index contributed by atoms with van der Waals surface area (Å²) in [5, 5.41) is 11.0. The van der Waals surface area contributed by atoms with Gasteiger partial charge in [-0.3, -0.25) is 9.63 Å². The first kappa shape index (κ1) is 19.9. The summed E-state index contributed by atoms with van der Waals surface area (Å²) in [5.41, 5.74) is 0.979. The first-order valence-corrected chi connectivity index (χ1v) is 8.65. The van der Waals surface area contributed by atoms with Crippen molar-refractivity contribution < 1.29 is 27.9 Å². The number of aliphatic hydroxyl groups excluding tert-OH is 1. The Bertz CT molecular complexity index is 808. The molecule has 0 aromatic heterocycles. The van der Waals surface area contributed by atoms with Crippen LogP contribution in [0, 0.1) is 21.0 Å². The van der Waals surface area contributed by atoms with E-state index in [-0.39, 0.29) is 28.9 Å². The van der Waals surface area contributed by atoms with E-state index in [1.807, 2.05) is 28.1 Å². The Morgan fingerprint density at radius 2 is 1.96 bits per heavy atom. The highest BCUT2D eigenvalue weighted by atomic mass is 127. The molecule has 0 fully saturated rings. The van der Waals surface area contributed by atoms with Gasteiger partial charge in [-0.1, -0.05) is 0 Å². The maximum Gasteiger partial charge on any atom is 0.277 e. The Morgan fingerprint density at radius 3 is 2.60 bits per heavy atom. The molecule has 0 aliphatic heterocycles. The zero-order chi connectivity index (χ0) is 18.6. The summed E-state index contributed by atoms with van der Waals surface area (Å²) in [6.07, 6.45) is 0. The van der Waals surface area contributed by atoms with Gasteiger partial charge in [-0.25, -0.2) is 18.7 Å². The van der Waals surface area contributed by atoms with E-state index in [2.05, 4.69) is 26.1 Å². The molecule has 25 heavy (non-hydrogen) atoms. The third-order valence-electron chi connectivity index (χ3n) is 2.96. The third kappa shape index (κ3) is 4.84. The summed E-state index contributed by atoms with van der Waals surface area (Å²) in [6, 6.07) is 5.12. The highest BCUT2D eigenvalue weighted by Gasteiger charge is 2.23. The number of aliphatic hydroxyl groups is 1. The minimum absolute atomic E-state index is 0.133. The summed E-state index contributed by atoms with van der Waals surface area (Å²) in [6.45, 7) is -0.536. The van der Waals surface area contributed by atoms with E-state index >= 15 is 0 Å². The number of halogens is 5. The van der Waals surface area contributed by atoms with Gasteiger partial charge in [0.15, 0.2) is 11.6 Å². The van der Waals surface area contributed by atoms with Gasteiger partial charge in [-0.05, 0) is 62.8 Å². The molecule has 5 nitrogen and oxygen atoms in total. The van der Waals surface area contributed by atoms with Gasteiger partial charge in [0.2, 0.25) is 0 Å². The van der Waals surface area contributed by atoms with Crippen LogP contribution in [0.25, 0.3) is 0 Å². The number of hydrogen-bond donors (Lipinski definition) is 3. The molecule has 10 heteroatoms. The molecule has 0 heterocycles. The monoisotopic (exact) mass is 530 g/mol. The predicted octanol–water partition coefficient (Wildman–Crippen LogP) is 3.87. The third-order valence-corrected chi connectivity index (χ3v) is 4.20. The summed E-state index contributed by atoms with van der Waals surface area (Å²) < 4.78 is 42.5. The Balaban J connectivity index is 2.44. The fourth-order valence-corrected chi connectivity index (χ4v) is 2.70. The molecule has 3 N–H and O–H groups in total. The van der Waals surface area contributed by atoms with Crippen molar-refractivity contribution in [3.63, 3.8) is 0 Å². The Morgan fingerprint density at radius 1 is 1.24 bits per heavy atom. The molecule has 0 radical (unpaired) electrons. The van der Waals surface area contributed by atoms with Crippen molar-refractivity contribution in [3.05, 3.63) is 55.3 Å². The van der Waals surface area contributed by atoms with Crippen molar-refractivity contribution in [1.29, 1.82) is 0 Å². The largest absolute Gasteiger partial charge is 0.394 e. The molecule has 2 aromatic carbocycles. The van der Waals surface area contributed by atoms with Gasteiger partial charge < -0.3 is 10.4 Å². The van der Waals surface area contributed by atoms with E-state index in [0.29, 0.717) is 3.57 Å². The number of hydroxylamine groups is 1. The summed E-state index contributed by atoms with van der Waals surface area (Å²) >= 11 is 4.71. The van der Waals surface area contributed by atoms with E-state index < -0.39 is 29.0 Å². The zero-order valence-electron chi connectivity index (χ0n) is 12.4. The average Bonchev–Trinajstić information content (AvgIpc) is 2.57. The minimum atomic E-state index is -1.36. The highest BCUT2D eigenvalue weighted by Crippen LogP contribution is 2.32. The lowest BCUT2D eigenvalue weighted by molar-refractivity contribution is 0.0168. The molecule has 0 spiro atoms. The standard InChI is InChI=1S/C15H11BrF3IN2O3/c16-9-6-8(15(24)22-25-4-3-23)14(13(19)12(9)18)21-11-2-1-7(20)5-10(11)17/h1-2,5-6,21,23H,3-4H2,(H,22,24). The SMILES string of the molecule is O=C(NOCCO)c1cc(Br)c(F)c(F)c1Nc1ccc(I)cc1F. The normalized spacial score (nSPS) is 10.6. The smallest absolute Gasteiger partial charge is 0.277 e. The predicted molar refractivity (Wildman–Crippen MR) is 97.0 cm³/mol. The minimum Gasteiger partial charge on any atom is -0.394 e. The Kier molecular flexibility index (Phi) is 7.04. The molecular weight excluding hydrogens is 520 g/mol. The number of benzene rings is 2. The summed E-state index contributed by atoms with van der Waals surface area (Å²) in [5.74, 6) is -4.19. The molecule has 2 aromatic rings. The topological polar surface area (TPSA) is 70.6 Å². The van der Waals surface area contributed by atoms with Crippen LogP contribution in [-0.2, 0) is 4.84 Å². The molecule has 0 aliphatic carbocycles. The number of hydrogen-bond acceptors (Lipinski definition) is 4. The van der Waals surface area contributed by atoms with Crippen LogP contribution in [-0.4, -0.2) is 24.2 Å². The molecule has 0 saturated carbocycles. The second kappa shape index (κ2) is 8.83. The van der Waals surface area contributed by atoms with Crippen LogP contribution in [0.3, 0.4) is 0 Å². The first-order chi connectivity index (χ1) is 11.8. The Hall–Kier alpha value is -1.37. The lowest BCUT2D eigenvalue weighted by Crippen LogP contribution is -2.26. The van der Waals surface area contributed by atoms with E-state index in [1.54, 1.807) is 6.07 Å². The van der Waals surface area contributed by atoms with Crippen LogP contribution in [0.1, 0.15) is 10.4 Å². The van der Waals surface area contributed by atoms with Crippen molar-refractivity contribution in [3.8, 4) is 0 Å². The molecule has 0 bridgehead atoms. The van der Waals surface area contributed by atoms with E-state index in [0.717, 1.165) is 6.07 Å². The summed E-state index contributed by atoms with van der Waals surface area (Å²) in [7, 11) is 0. The molecule has 134 valence electrons. The number of carbonyl (C=O) groups excluding carboxylic acids is 1. The van der Waals surface area contributed by atoms with Gasteiger partial charge in [0, 0.05) is 3.57 Å². The van der Waals surface area contributed by atoms with Crippen LogP contribution in [0.4, 0.5) is 24.5 Å². The molecule has 0 aliphatic rings. The van der Waals surface area contributed by atoms with Crippen molar-refractivity contribution in [2.24, 2.45) is 0 Å². The van der Waals surface area contributed by atoms with Crippen LogP contribution in [0.15, 0.2) is 28.7 Å². The van der Waals surface area contributed by atoms with Crippen molar-refractivity contribution in [2.75, 3.05) is 18.5 Å². The Labute approximate surface area is 162 Å². The quantitative estimate of drug-likeness (QED) is 0.229. The van der Waals surface area contributed by atoms with E-state index in [9.17, 15) is 18.0 Å². The second-order valence-electron chi connectivity index (χ2n) is 4.66. The van der Waals surface area contributed by atoms with E-state index in [1.165, 1.54) is 12.1 Å². The molecule has 0 unspecified atom stereocenters. The zero-order valence-corrected chi connectivity index (χ0v) is 16.1. The summed E-state index contributed by atoms with van der Waals surface area (Å²) in [4.78, 5) is 16.8. The van der Waals surface area contributed by atoms with Crippen LogP contribution < -0.4 is 10.8 Å². The van der Waals surface area contributed by atoms with Gasteiger partial charge in [-0.2, -0.15) is 0 Å². The van der Waals surface area contributed by atoms with Gasteiger partial charge in [0.25, 0.3) is 5.91 Å². The maximum absolute atomic E-state index is 14.3. The lowest BCUT2D eigenvalue weighted by atomic mass is 10.1. The lowest BCUT2D eigenvalue weighted by Gasteiger charge is -2.15. The van der Waals surface area contributed by atoms with Crippen LogP contribution >= 0.6 is 38.5 Å². The van der Waals surface area contributed by atoms with Gasteiger partial charge in [0.1, 0.15) is 5.82 Å². The maximum atomic E-state index is 14.3. The van der Waals surface area contributed by atoms with Crippen molar-refractivity contribution >= 4 is 55.8 Å². The number of nitrogens with one attached hydrogen (secondary N) is 2. The van der Waals surface area contributed by atoms with E-state index in [4.69, 9.17) is 5.11 Å². The molecule has 0 saturated heterocycles. The molecule has 1 amide bonds. The van der Waals surface area contributed by atoms with Crippen LogP contribution in [0.5, 0.6) is 0 Å². The molecule has 0 atom stereocenters. The van der Waals surface area contributed by atoms with Crippen molar-refractivity contribution in [1.82, 2.24) is 5.48 Å². The number of amides is 1. The van der Waals surface area contributed by atoms with Crippen molar-refractivity contribution in [2.45, 2.75) is 0 Å². The number of carbonyl (C=O) groups is 1. The van der Waals surface area contributed by atoms with Gasteiger partial charge >= 0.3 is 0 Å². The fraction of sp³-hybridized carbons (Fsp3) is 0.133. The fourth-order valence-electron chi connectivity index (χ4n) is 1.84. The molecule has 2 rings (SSSR count). The van der Waals surface area contributed by atoms with Gasteiger partial charge in [-0.15, -0.1) is 0 Å². The van der Waals surface area contributed by atoms with Gasteiger partial charge in [0.05, 0.1) is 34.6 Å². The number of rotatable bonds is 6. The first-order valence-electron chi connectivity index (χ1n) is 6.77.